The van der Waals surface area contributed by atoms with E-state index in [9.17, 15) is 4.79 Å². The van der Waals surface area contributed by atoms with Crippen LogP contribution in [0.5, 0.6) is 0 Å². The van der Waals surface area contributed by atoms with E-state index in [4.69, 9.17) is 4.98 Å². The molecule has 2 saturated heterocycles. The zero-order chi connectivity index (χ0) is 21.9. The van der Waals surface area contributed by atoms with E-state index in [0.717, 1.165) is 49.2 Å². The molecule has 0 spiro atoms. The summed E-state index contributed by atoms with van der Waals surface area (Å²) in [6.07, 6.45) is 5.54. The first kappa shape index (κ1) is 20.5. The molecule has 2 aliphatic heterocycles. The molecule has 2 aromatic heterocycles. The fourth-order valence-corrected chi connectivity index (χ4v) is 4.48. The van der Waals surface area contributed by atoms with Crippen molar-refractivity contribution in [3.63, 3.8) is 0 Å². The lowest BCUT2D eigenvalue weighted by Gasteiger charge is -2.35. The highest BCUT2D eigenvalue weighted by Crippen LogP contribution is 2.22. The largest absolute Gasteiger partial charge is 0.353 e. The second kappa shape index (κ2) is 8.98. The molecule has 8 heteroatoms. The van der Waals surface area contributed by atoms with Gasteiger partial charge in [-0.2, -0.15) is 10.1 Å². The van der Waals surface area contributed by atoms with Crippen molar-refractivity contribution in [1.29, 1.82) is 0 Å². The summed E-state index contributed by atoms with van der Waals surface area (Å²) in [5.41, 5.74) is 2.45. The Kier molecular flexibility index (Phi) is 5.75. The van der Waals surface area contributed by atoms with Gasteiger partial charge in [0.15, 0.2) is 0 Å². The minimum absolute atomic E-state index is 0.0264. The number of anilines is 2. The van der Waals surface area contributed by atoms with Gasteiger partial charge < -0.3 is 14.7 Å². The van der Waals surface area contributed by atoms with Crippen molar-refractivity contribution in [3.05, 3.63) is 54.4 Å². The SMILES string of the molecule is Cn1nc(-c2ccccc2)cc1C(=O)N1CCN(c2ccnc(N3CCCCC3)n2)CC1. The Morgan fingerprint density at radius 2 is 1.62 bits per heavy atom. The van der Waals surface area contributed by atoms with Gasteiger partial charge in [-0.15, -0.1) is 0 Å². The van der Waals surface area contributed by atoms with Gasteiger partial charge in [0.1, 0.15) is 11.5 Å². The van der Waals surface area contributed by atoms with Crippen molar-refractivity contribution in [3.8, 4) is 11.3 Å². The molecular weight excluding hydrogens is 402 g/mol. The molecule has 8 nitrogen and oxygen atoms in total. The number of carbonyl (C=O) groups is 1. The first-order chi connectivity index (χ1) is 15.7. The second-order valence-corrected chi connectivity index (χ2v) is 8.45. The highest BCUT2D eigenvalue weighted by Gasteiger charge is 2.26. The van der Waals surface area contributed by atoms with Crippen LogP contribution in [0.4, 0.5) is 11.8 Å². The molecule has 0 radical (unpaired) electrons. The van der Waals surface area contributed by atoms with E-state index in [1.165, 1.54) is 19.3 Å². The number of nitrogens with zero attached hydrogens (tertiary/aromatic N) is 7. The third kappa shape index (κ3) is 4.17. The third-order valence-electron chi connectivity index (χ3n) is 6.33. The zero-order valence-electron chi connectivity index (χ0n) is 18.5. The minimum Gasteiger partial charge on any atom is -0.353 e. The lowest BCUT2D eigenvalue weighted by molar-refractivity contribution is 0.0735. The predicted octanol–water partition coefficient (Wildman–Crippen LogP) is 2.83. The van der Waals surface area contributed by atoms with E-state index in [-0.39, 0.29) is 5.91 Å². The number of piperazine rings is 1. The summed E-state index contributed by atoms with van der Waals surface area (Å²) in [7, 11) is 1.83. The fourth-order valence-electron chi connectivity index (χ4n) is 4.48. The van der Waals surface area contributed by atoms with Crippen molar-refractivity contribution in [2.75, 3.05) is 49.1 Å². The molecule has 0 saturated carbocycles. The molecule has 32 heavy (non-hydrogen) atoms. The number of amides is 1. The van der Waals surface area contributed by atoms with Gasteiger partial charge in [-0.1, -0.05) is 30.3 Å². The first-order valence-corrected chi connectivity index (χ1v) is 11.4. The van der Waals surface area contributed by atoms with Gasteiger partial charge >= 0.3 is 0 Å². The molecule has 5 rings (SSSR count). The monoisotopic (exact) mass is 431 g/mol. The molecule has 0 aliphatic carbocycles. The fraction of sp³-hybridized carbons (Fsp3) is 0.417. The number of aryl methyl sites for hydroxylation is 1. The summed E-state index contributed by atoms with van der Waals surface area (Å²) in [6, 6.07) is 13.8. The average molecular weight is 432 g/mol. The number of hydrogen-bond donors (Lipinski definition) is 0. The van der Waals surface area contributed by atoms with E-state index in [1.807, 2.05) is 60.6 Å². The topological polar surface area (TPSA) is 70.4 Å². The Bertz CT molecular complexity index is 1070. The average Bonchev–Trinajstić information content (AvgIpc) is 3.26. The molecule has 166 valence electrons. The minimum atomic E-state index is 0.0264. The van der Waals surface area contributed by atoms with Crippen molar-refractivity contribution in [2.45, 2.75) is 19.3 Å². The highest BCUT2D eigenvalue weighted by molar-refractivity contribution is 5.94. The van der Waals surface area contributed by atoms with Gasteiger partial charge in [0.2, 0.25) is 5.95 Å². The summed E-state index contributed by atoms with van der Waals surface area (Å²) in [5, 5.41) is 4.55. The normalized spacial score (nSPS) is 17.0. The summed E-state index contributed by atoms with van der Waals surface area (Å²) in [5.74, 6) is 1.79. The van der Waals surface area contributed by atoms with E-state index in [0.29, 0.717) is 18.8 Å². The van der Waals surface area contributed by atoms with Crippen LogP contribution >= 0.6 is 0 Å². The van der Waals surface area contributed by atoms with Crippen molar-refractivity contribution in [1.82, 2.24) is 24.6 Å². The number of benzene rings is 1. The molecule has 0 N–H and O–H groups in total. The van der Waals surface area contributed by atoms with Crippen molar-refractivity contribution in [2.24, 2.45) is 7.05 Å². The van der Waals surface area contributed by atoms with Crippen LogP contribution in [-0.4, -0.2) is 69.8 Å². The number of hydrogen-bond acceptors (Lipinski definition) is 6. The van der Waals surface area contributed by atoms with Crippen LogP contribution < -0.4 is 9.80 Å². The van der Waals surface area contributed by atoms with Gasteiger partial charge in [0, 0.05) is 58.1 Å². The molecule has 0 atom stereocenters. The number of aromatic nitrogens is 4. The molecule has 0 unspecified atom stereocenters. The zero-order valence-corrected chi connectivity index (χ0v) is 18.5. The molecule has 4 heterocycles. The maximum atomic E-state index is 13.2. The molecular formula is C24H29N7O. The van der Waals surface area contributed by atoms with Crippen molar-refractivity contribution < 1.29 is 4.79 Å². The molecule has 1 aromatic carbocycles. The van der Waals surface area contributed by atoms with Gasteiger partial charge in [-0.25, -0.2) is 4.98 Å². The number of piperidine rings is 1. The molecule has 1 amide bonds. The van der Waals surface area contributed by atoms with Crippen LogP contribution in [0.25, 0.3) is 11.3 Å². The van der Waals surface area contributed by atoms with Crippen LogP contribution in [0.1, 0.15) is 29.8 Å². The standard InChI is InChI=1S/C24H29N7O/c1-28-21(18-20(27-28)19-8-4-2-5-9-19)23(32)30-16-14-29(15-17-30)22-10-11-25-24(26-22)31-12-6-3-7-13-31/h2,4-5,8-11,18H,3,6-7,12-17H2,1H3. The Hall–Kier alpha value is -3.42. The maximum Gasteiger partial charge on any atom is 0.272 e. The first-order valence-electron chi connectivity index (χ1n) is 11.4. The Labute approximate surface area is 188 Å². The maximum absolute atomic E-state index is 13.2. The summed E-state index contributed by atoms with van der Waals surface area (Å²) in [4.78, 5) is 28.9. The van der Waals surface area contributed by atoms with Crippen molar-refractivity contribution >= 4 is 17.7 Å². The third-order valence-corrected chi connectivity index (χ3v) is 6.33. The lowest BCUT2D eigenvalue weighted by Crippen LogP contribution is -2.49. The van der Waals surface area contributed by atoms with Crippen LogP contribution in [0.15, 0.2) is 48.7 Å². The van der Waals surface area contributed by atoms with Crippen LogP contribution in [0.2, 0.25) is 0 Å². The Morgan fingerprint density at radius 3 is 2.38 bits per heavy atom. The lowest BCUT2D eigenvalue weighted by atomic mass is 10.1. The molecule has 2 fully saturated rings. The predicted molar refractivity (Wildman–Crippen MR) is 125 cm³/mol. The molecule has 3 aromatic rings. The number of carbonyl (C=O) groups excluding carboxylic acids is 1. The van der Waals surface area contributed by atoms with Gasteiger partial charge in [0.25, 0.3) is 5.91 Å². The van der Waals surface area contributed by atoms with E-state index in [1.54, 1.807) is 4.68 Å². The molecule has 2 aliphatic rings. The van der Waals surface area contributed by atoms with E-state index < -0.39 is 0 Å². The van der Waals surface area contributed by atoms with Gasteiger partial charge in [0.05, 0.1) is 5.69 Å². The van der Waals surface area contributed by atoms with Crippen LogP contribution in [-0.2, 0) is 7.05 Å². The molecule has 0 bridgehead atoms. The summed E-state index contributed by atoms with van der Waals surface area (Å²) in [6.45, 7) is 4.89. The number of rotatable bonds is 4. The Morgan fingerprint density at radius 1 is 0.875 bits per heavy atom. The van der Waals surface area contributed by atoms with E-state index in [2.05, 4.69) is 19.9 Å². The smallest absolute Gasteiger partial charge is 0.272 e. The van der Waals surface area contributed by atoms with Gasteiger partial charge in [-0.05, 0) is 31.4 Å². The van der Waals surface area contributed by atoms with Crippen LogP contribution in [0.3, 0.4) is 0 Å². The summed E-state index contributed by atoms with van der Waals surface area (Å²) < 4.78 is 1.69. The van der Waals surface area contributed by atoms with Crippen LogP contribution in [0, 0.1) is 0 Å². The van der Waals surface area contributed by atoms with Gasteiger partial charge in [-0.3, -0.25) is 9.48 Å². The Balaban J connectivity index is 1.24. The second-order valence-electron chi connectivity index (χ2n) is 8.45. The summed E-state index contributed by atoms with van der Waals surface area (Å²) >= 11 is 0. The van der Waals surface area contributed by atoms with E-state index >= 15 is 0 Å². The quantitative estimate of drug-likeness (QED) is 0.633. The highest BCUT2D eigenvalue weighted by atomic mass is 16.2.